The SMILES string of the molecule is CCc1ccccc1NC(=O)c1ccccc1NC(=O)c1ccccc1C(=O)[O-]. The van der Waals surface area contributed by atoms with Gasteiger partial charge in [-0.1, -0.05) is 55.5 Å². The molecule has 29 heavy (non-hydrogen) atoms. The number of nitrogens with one attached hydrogen (secondary N) is 2. The number of rotatable bonds is 6. The fraction of sp³-hybridized carbons (Fsp3) is 0.0870. The number of amides is 2. The van der Waals surface area contributed by atoms with E-state index in [1.54, 1.807) is 30.3 Å². The molecule has 0 heterocycles. The number of hydrogen-bond acceptors (Lipinski definition) is 4. The van der Waals surface area contributed by atoms with E-state index in [4.69, 9.17) is 0 Å². The van der Waals surface area contributed by atoms with E-state index in [0.717, 1.165) is 12.0 Å². The Morgan fingerprint density at radius 3 is 1.83 bits per heavy atom. The van der Waals surface area contributed by atoms with Crippen molar-refractivity contribution in [1.29, 1.82) is 0 Å². The number of para-hydroxylation sites is 2. The van der Waals surface area contributed by atoms with Crippen molar-refractivity contribution in [1.82, 2.24) is 0 Å². The minimum Gasteiger partial charge on any atom is -0.545 e. The van der Waals surface area contributed by atoms with Gasteiger partial charge in [-0.25, -0.2) is 0 Å². The second-order valence-electron chi connectivity index (χ2n) is 6.30. The van der Waals surface area contributed by atoms with Gasteiger partial charge in [0.1, 0.15) is 0 Å². The number of aromatic carboxylic acids is 1. The van der Waals surface area contributed by atoms with Gasteiger partial charge in [-0.05, 0) is 36.2 Å². The molecule has 0 saturated heterocycles. The highest BCUT2D eigenvalue weighted by Crippen LogP contribution is 2.21. The van der Waals surface area contributed by atoms with Crippen molar-refractivity contribution in [2.24, 2.45) is 0 Å². The molecule has 0 radical (unpaired) electrons. The van der Waals surface area contributed by atoms with Crippen LogP contribution in [0.1, 0.15) is 43.6 Å². The normalized spacial score (nSPS) is 10.2. The van der Waals surface area contributed by atoms with Gasteiger partial charge in [-0.2, -0.15) is 0 Å². The summed E-state index contributed by atoms with van der Waals surface area (Å²) in [7, 11) is 0. The second-order valence-corrected chi connectivity index (χ2v) is 6.30. The van der Waals surface area contributed by atoms with Gasteiger partial charge in [-0.3, -0.25) is 9.59 Å². The molecule has 3 aromatic carbocycles. The molecule has 0 bridgehead atoms. The highest BCUT2D eigenvalue weighted by atomic mass is 16.4. The fourth-order valence-corrected chi connectivity index (χ4v) is 2.98. The monoisotopic (exact) mass is 387 g/mol. The Hall–Kier alpha value is -3.93. The zero-order chi connectivity index (χ0) is 20.8. The molecule has 0 aliphatic rings. The Bertz CT molecular complexity index is 1080. The number of aryl methyl sites for hydroxylation is 1. The molecule has 2 amide bonds. The van der Waals surface area contributed by atoms with Crippen LogP contribution in [0.3, 0.4) is 0 Å². The molecule has 0 unspecified atom stereocenters. The van der Waals surface area contributed by atoms with Gasteiger partial charge < -0.3 is 20.5 Å². The molecule has 2 N–H and O–H groups in total. The quantitative estimate of drug-likeness (QED) is 0.679. The smallest absolute Gasteiger partial charge is 0.257 e. The van der Waals surface area contributed by atoms with Crippen LogP contribution in [0.2, 0.25) is 0 Å². The van der Waals surface area contributed by atoms with Gasteiger partial charge in [0.25, 0.3) is 11.8 Å². The van der Waals surface area contributed by atoms with Crippen molar-refractivity contribution in [3.05, 3.63) is 95.1 Å². The van der Waals surface area contributed by atoms with Crippen LogP contribution >= 0.6 is 0 Å². The summed E-state index contributed by atoms with van der Waals surface area (Å²) in [6.07, 6.45) is 0.759. The topological polar surface area (TPSA) is 98.3 Å². The molecular weight excluding hydrogens is 368 g/mol. The van der Waals surface area contributed by atoms with Crippen molar-refractivity contribution in [3.63, 3.8) is 0 Å². The van der Waals surface area contributed by atoms with E-state index < -0.39 is 11.9 Å². The Labute approximate surface area is 168 Å². The zero-order valence-corrected chi connectivity index (χ0v) is 15.8. The lowest BCUT2D eigenvalue weighted by Crippen LogP contribution is -2.27. The molecule has 3 aromatic rings. The lowest BCUT2D eigenvalue weighted by molar-refractivity contribution is -0.255. The molecule has 3 rings (SSSR count). The average Bonchev–Trinajstić information content (AvgIpc) is 2.74. The summed E-state index contributed by atoms with van der Waals surface area (Å²) in [4.78, 5) is 36.7. The second kappa shape index (κ2) is 8.84. The van der Waals surface area contributed by atoms with Crippen molar-refractivity contribution in [2.45, 2.75) is 13.3 Å². The zero-order valence-electron chi connectivity index (χ0n) is 15.8. The Morgan fingerprint density at radius 2 is 1.17 bits per heavy atom. The summed E-state index contributed by atoms with van der Waals surface area (Å²) in [6, 6.07) is 19.8. The first-order chi connectivity index (χ1) is 14.0. The Balaban J connectivity index is 1.87. The first-order valence-electron chi connectivity index (χ1n) is 9.11. The Kier molecular flexibility index (Phi) is 6.04. The molecule has 0 aromatic heterocycles. The van der Waals surface area contributed by atoms with Gasteiger partial charge in [-0.15, -0.1) is 0 Å². The molecule has 0 saturated carbocycles. The van der Waals surface area contributed by atoms with Crippen molar-refractivity contribution in [3.8, 4) is 0 Å². The summed E-state index contributed by atoms with van der Waals surface area (Å²) in [6.45, 7) is 1.99. The third-order valence-corrected chi connectivity index (χ3v) is 4.46. The molecule has 146 valence electrons. The maximum atomic E-state index is 12.8. The molecule has 0 aliphatic heterocycles. The van der Waals surface area contributed by atoms with E-state index in [-0.39, 0.29) is 28.3 Å². The van der Waals surface area contributed by atoms with Crippen LogP contribution in [0.25, 0.3) is 0 Å². The number of carbonyl (C=O) groups excluding carboxylic acids is 3. The summed E-state index contributed by atoms with van der Waals surface area (Å²) in [5, 5.41) is 16.8. The maximum absolute atomic E-state index is 12.8. The van der Waals surface area contributed by atoms with Crippen LogP contribution < -0.4 is 15.7 Å². The lowest BCUT2D eigenvalue weighted by atomic mass is 10.1. The molecule has 0 spiro atoms. The minimum atomic E-state index is -1.45. The van der Waals surface area contributed by atoms with Gasteiger partial charge in [0.15, 0.2) is 0 Å². The van der Waals surface area contributed by atoms with Crippen LogP contribution in [0, 0.1) is 0 Å². The molecule has 0 fully saturated rings. The van der Waals surface area contributed by atoms with Crippen LogP contribution in [0.15, 0.2) is 72.8 Å². The summed E-state index contributed by atoms with van der Waals surface area (Å²) in [5.74, 6) is -2.47. The standard InChI is InChI=1S/C23H20N2O4/c1-2-15-9-3-7-13-19(15)24-22(27)18-12-6-8-14-20(18)25-21(26)16-10-4-5-11-17(16)23(28)29/h3-14H,2H2,1H3,(H,24,27)(H,25,26)(H,28,29)/p-1. The van der Waals surface area contributed by atoms with Gasteiger partial charge in [0.2, 0.25) is 0 Å². The third kappa shape index (κ3) is 4.50. The van der Waals surface area contributed by atoms with E-state index in [0.29, 0.717) is 5.69 Å². The van der Waals surface area contributed by atoms with Gasteiger partial charge in [0, 0.05) is 16.8 Å². The maximum Gasteiger partial charge on any atom is 0.257 e. The van der Waals surface area contributed by atoms with E-state index in [1.165, 1.54) is 18.2 Å². The molecule has 6 nitrogen and oxygen atoms in total. The average molecular weight is 387 g/mol. The number of carboxylic acid groups (broad SMARTS) is 1. The number of anilines is 2. The summed E-state index contributed by atoms with van der Waals surface area (Å²) < 4.78 is 0. The number of carbonyl (C=O) groups is 3. The predicted molar refractivity (Wildman–Crippen MR) is 109 cm³/mol. The molecular formula is C23H19N2O4-. The molecule has 6 heteroatoms. The lowest BCUT2D eigenvalue weighted by Gasteiger charge is -2.14. The third-order valence-electron chi connectivity index (χ3n) is 4.46. The predicted octanol–water partition coefficient (Wildman–Crippen LogP) is 3.12. The van der Waals surface area contributed by atoms with Crippen molar-refractivity contribution >= 4 is 29.2 Å². The highest BCUT2D eigenvalue weighted by molar-refractivity contribution is 6.14. The molecule has 0 aliphatic carbocycles. The first kappa shape index (κ1) is 19.8. The van der Waals surface area contributed by atoms with Gasteiger partial charge in [0.05, 0.1) is 17.2 Å². The van der Waals surface area contributed by atoms with Gasteiger partial charge >= 0.3 is 0 Å². The summed E-state index contributed by atoms with van der Waals surface area (Å²) in [5.41, 5.74) is 1.96. The highest BCUT2D eigenvalue weighted by Gasteiger charge is 2.17. The molecule has 0 atom stereocenters. The largest absolute Gasteiger partial charge is 0.545 e. The Morgan fingerprint density at radius 1 is 0.690 bits per heavy atom. The first-order valence-corrected chi connectivity index (χ1v) is 9.11. The van der Waals surface area contributed by atoms with Crippen molar-refractivity contribution < 1.29 is 19.5 Å². The number of hydrogen-bond donors (Lipinski definition) is 2. The van der Waals surface area contributed by atoms with Crippen LogP contribution in [-0.2, 0) is 6.42 Å². The van der Waals surface area contributed by atoms with Crippen LogP contribution in [-0.4, -0.2) is 17.8 Å². The van der Waals surface area contributed by atoms with Crippen LogP contribution in [0.5, 0.6) is 0 Å². The number of benzene rings is 3. The summed E-state index contributed by atoms with van der Waals surface area (Å²) >= 11 is 0. The van der Waals surface area contributed by atoms with Crippen molar-refractivity contribution in [2.75, 3.05) is 10.6 Å². The van der Waals surface area contributed by atoms with E-state index in [1.807, 2.05) is 31.2 Å². The fourth-order valence-electron chi connectivity index (χ4n) is 2.98. The van der Waals surface area contributed by atoms with E-state index >= 15 is 0 Å². The minimum absolute atomic E-state index is 0.0426. The number of carboxylic acids is 1. The van der Waals surface area contributed by atoms with E-state index in [9.17, 15) is 19.5 Å². The van der Waals surface area contributed by atoms with Crippen LogP contribution in [0.4, 0.5) is 11.4 Å². The van der Waals surface area contributed by atoms with E-state index in [2.05, 4.69) is 10.6 Å².